The Labute approximate surface area is 161 Å². The van der Waals surface area contributed by atoms with E-state index in [2.05, 4.69) is 5.10 Å². The van der Waals surface area contributed by atoms with Gasteiger partial charge in [0.1, 0.15) is 6.61 Å². The summed E-state index contributed by atoms with van der Waals surface area (Å²) in [5, 5.41) is 15.1. The molecule has 138 valence electrons. The number of halogens is 1. The van der Waals surface area contributed by atoms with Crippen LogP contribution in [0.3, 0.4) is 0 Å². The molecular formula is C20H18ClN3O3. The van der Waals surface area contributed by atoms with Gasteiger partial charge in [-0.05, 0) is 35.4 Å². The Hall–Kier alpha value is -2.99. The number of benzene rings is 2. The van der Waals surface area contributed by atoms with Crippen LogP contribution in [0.5, 0.6) is 11.5 Å². The van der Waals surface area contributed by atoms with E-state index in [1.54, 1.807) is 41.2 Å². The van der Waals surface area contributed by atoms with Gasteiger partial charge in [-0.2, -0.15) is 5.10 Å². The molecule has 2 aromatic carbocycles. The second-order valence-electron chi connectivity index (χ2n) is 6.47. The van der Waals surface area contributed by atoms with Gasteiger partial charge in [0, 0.05) is 30.4 Å². The Kier molecular flexibility index (Phi) is 4.49. The van der Waals surface area contributed by atoms with Crippen molar-refractivity contribution in [3.05, 3.63) is 64.9 Å². The van der Waals surface area contributed by atoms with Gasteiger partial charge in [0.05, 0.1) is 18.3 Å². The number of carbonyl (C=O) groups excluding carboxylic acids is 1. The lowest BCUT2D eigenvalue weighted by Crippen LogP contribution is -2.32. The third-order valence-corrected chi connectivity index (χ3v) is 4.75. The van der Waals surface area contributed by atoms with E-state index in [1.165, 1.54) is 0 Å². The summed E-state index contributed by atoms with van der Waals surface area (Å²) in [6, 6.07) is 11.0. The monoisotopic (exact) mass is 383 g/mol. The van der Waals surface area contributed by atoms with E-state index < -0.39 is 0 Å². The minimum Gasteiger partial charge on any atom is -0.504 e. The molecule has 3 aromatic rings. The van der Waals surface area contributed by atoms with Gasteiger partial charge in [0.2, 0.25) is 0 Å². The van der Waals surface area contributed by atoms with Crippen molar-refractivity contribution in [2.45, 2.75) is 6.54 Å². The van der Waals surface area contributed by atoms with Crippen LogP contribution in [-0.4, -0.2) is 38.8 Å². The maximum atomic E-state index is 12.8. The molecule has 7 heteroatoms. The Balaban J connectivity index is 1.69. The number of ether oxygens (including phenoxy) is 1. The Morgan fingerprint density at radius 2 is 2.11 bits per heavy atom. The van der Waals surface area contributed by atoms with Gasteiger partial charge in [-0.15, -0.1) is 0 Å². The summed E-state index contributed by atoms with van der Waals surface area (Å²) >= 11 is 6.09. The number of nitrogens with zero attached hydrogens (tertiary/aromatic N) is 3. The summed E-state index contributed by atoms with van der Waals surface area (Å²) < 4.78 is 7.32. The fraction of sp³-hybridized carbons (Fsp3) is 0.200. The molecule has 0 unspecified atom stereocenters. The molecule has 6 nitrogen and oxygen atoms in total. The van der Waals surface area contributed by atoms with Crippen LogP contribution in [0.1, 0.15) is 15.9 Å². The van der Waals surface area contributed by atoms with Crippen molar-refractivity contribution in [1.29, 1.82) is 0 Å². The summed E-state index contributed by atoms with van der Waals surface area (Å²) in [6.45, 7) is 1.07. The molecule has 0 radical (unpaired) electrons. The van der Waals surface area contributed by atoms with Crippen molar-refractivity contribution < 1.29 is 14.6 Å². The molecule has 0 aliphatic carbocycles. The average Bonchev–Trinajstić information content (AvgIpc) is 2.96. The first-order valence-corrected chi connectivity index (χ1v) is 8.91. The summed E-state index contributed by atoms with van der Waals surface area (Å²) in [7, 11) is 1.77. The highest BCUT2D eigenvalue weighted by Gasteiger charge is 2.24. The van der Waals surface area contributed by atoms with Crippen LogP contribution in [0.15, 0.2) is 48.8 Å². The van der Waals surface area contributed by atoms with E-state index in [9.17, 15) is 9.90 Å². The number of phenols is 1. The van der Waals surface area contributed by atoms with Gasteiger partial charge in [0.15, 0.2) is 11.5 Å². The summed E-state index contributed by atoms with van der Waals surface area (Å²) in [4.78, 5) is 14.5. The largest absolute Gasteiger partial charge is 0.504 e. The molecule has 0 fully saturated rings. The van der Waals surface area contributed by atoms with Gasteiger partial charge in [-0.1, -0.05) is 23.7 Å². The van der Waals surface area contributed by atoms with E-state index in [-0.39, 0.29) is 11.7 Å². The number of fused-ring (bicyclic) bond motifs is 1. The summed E-state index contributed by atoms with van der Waals surface area (Å²) in [5.41, 5.74) is 2.97. The highest BCUT2D eigenvalue weighted by molar-refractivity contribution is 6.30. The zero-order chi connectivity index (χ0) is 19.0. The van der Waals surface area contributed by atoms with Crippen LogP contribution >= 0.6 is 11.6 Å². The van der Waals surface area contributed by atoms with Gasteiger partial charge >= 0.3 is 0 Å². The first-order valence-electron chi connectivity index (χ1n) is 8.54. The molecule has 0 saturated carbocycles. The maximum Gasteiger partial charge on any atom is 0.257 e. The van der Waals surface area contributed by atoms with Gasteiger partial charge in [-0.3, -0.25) is 9.48 Å². The van der Waals surface area contributed by atoms with E-state index in [4.69, 9.17) is 16.3 Å². The molecule has 1 aliphatic rings. The van der Waals surface area contributed by atoms with Crippen molar-refractivity contribution in [3.63, 3.8) is 0 Å². The second-order valence-corrected chi connectivity index (χ2v) is 6.91. The number of amides is 1. The summed E-state index contributed by atoms with van der Waals surface area (Å²) in [5.74, 6) is 0.354. The molecule has 0 bridgehead atoms. The standard InChI is InChI=1S/C20H18ClN3O3/c1-23-11-16(10-22-23)20(26)24-5-6-27-19-15(12-24)7-14(9-18(19)25)13-3-2-4-17(21)8-13/h2-4,7-11,25H,5-6,12H2,1H3. The molecule has 2 heterocycles. The first kappa shape index (κ1) is 17.4. The lowest BCUT2D eigenvalue weighted by Gasteiger charge is -2.19. The van der Waals surface area contributed by atoms with Crippen molar-refractivity contribution in [3.8, 4) is 22.6 Å². The second kappa shape index (κ2) is 6.96. The maximum absolute atomic E-state index is 12.8. The highest BCUT2D eigenvalue weighted by Crippen LogP contribution is 2.38. The number of aromatic nitrogens is 2. The number of aromatic hydroxyl groups is 1. The van der Waals surface area contributed by atoms with Crippen molar-refractivity contribution >= 4 is 17.5 Å². The number of phenolic OH excluding ortho intramolecular Hbond substituents is 1. The molecule has 0 atom stereocenters. The van der Waals surface area contributed by atoms with Crippen LogP contribution < -0.4 is 4.74 Å². The number of hydrogen-bond acceptors (Lipinski definition) is 4. The Morgan fingerprint density at radius 1 is 1.26 bits per heavy atom. The minimum atomic E-state index is -0.118. The van der Waals surface area contributed by atoms with E-state index in [0.717, 1.165) is 16.7 Å². The quantitative estimate of drug-likeness (QED) is 0.735. The zero-order valence-corrected chi connectivity index (χ0v) is 15.5. The van der Waals surface area contributed by atoms with E-state index >= 15 is 0 Å². The Morgan fingerprint density at radius 3 is 2.85 bits per heavy atom. The first-order chi connectivity index (χ1) is 13.0. The molecule has 0 spiro atoms. The van der Waals surface area contributed by atoms with Crippen molar-refractivity contribution in [2.24, 2.45) is 7.05 Å². The number of hydrogen-bond donors (Lipinski definition) is 1. The third kappa shape index (κ3) is 3.48. The van der Waals surface area contributed by atoms with Gasteiger partial charge in [0.25, 0.3) is 5.91 Å². The van der Waals surface area contributed by atoms with Crippen molar-refractivity contribution in [2.75, 3.05) is 13.2 Å². The van der Waals surface area contributed by atoms with Crippen LogP contribution in [0.25, 0.3) is 11.1 Å². The fourth-order valence-electron chi connectivity index (χ4n) is 3.22. The predicted octanol–water partition coefficient (Wildman–Crippen LogP) is 3.48. The SMILES string of the molecule is Cn1cc(C(=O)N2CCOc3c(O)cc(-c4cccc(Cl)c4)cc3C2)cn1. The molecular weight excluding hydrogens is 366 g/mol. The average molecular weight is 384 g/mol. The van der Waals surface area contributed by atoms with Crippen LogP contribution in [-0.2, 0) is 13.6 Å². The minimum absolute atomic E-state index is 0.0538. The molecule has 0 saturated heterocycles. The lowest BCUT2D eigenvalue weighted by molar-refractivity contribution is 0.0733. The van der Waals surface area contributed by atoms with Crippen LogP contribution in [0, 0.1) is 0 Å². The fourth-order valence-corrected chi connectivity index (χ4v) is 3.41. The molecule has 4 rings (SSSR count). The van der Waals surface area contributed by atoms with E-state index in [1.807, 2.05) is 24.3 Å². The molecule has 1 aromatic heterocycles. The number of rotatable bonds is 2. The topological polar surface area (TPSA) is 67.6 Å². The Bertz CT molecular complexity index is 1020. The molecule has 1 N–H and O–H groups in total. The number of aryl methyl sites for hydroxylation is 1. The van der Waals surface area contributed by atoms with Crippen molar-refractivity contribution in [1.82, 2.24) is 14.7 Å². The van der Waals surface area contributed by atoms with Gasteiger partial charge < -0.3 is 14.7 Å². The third-order valence-electron chi connectivity index (χ3n) is 4.51. The van der Waals surface area contributed by atoms with Crippen LogP contribution in [0.4, 0.5) is 0 Å². The summed E-state index contributed by atoms with van der Waals surface area (Å²) in [6.07, 6.45) is 3.24. The number of carbonyl (C=O) groups is 1. The zero-order valence-electron chi connectivity index (χ0n) is 14.7. The normalized spacial score (nSPS) is 13.6. The van der Waals surface area contributed by atoms with Crippen LogP contribution in [0.2, 0.25) is 5.02 Å². The van der Waals surface area contributed by atoms with Gasteiger partial charge in [-0.25, -0.2) is 0 Å². The predicted molar refractivity (Wildman–Crippen MR) is 102 cm³/mol. The van der Waals surface area contributed by atoms with E-state index in [0.29, 0.717) is 36.0 Å². The highest BCUT2D eigenvalue weighted by atomic mass is 35.5. The molecule has 1 aliphatic heterocycles. The molecule has 27 heavy (non-hydrogen) atoms. The molecule has 1 amide bonds. The smallest absolute Gasteiger partial charge is 0.257 e. The lowest BCUT2D eigenvalue weighted by atomic mass is 10.0.